The Morgan fingerprint density at radius 2 is 2.11 bits per heavy atom. The van der Waals surface area contributed by atoms with Crippen molar-refractivity contribution in [2.24, 2.45) is 11.3 Å². The van der Waals surface area contributed by atoms with Gasteiger partial charge in [0, 0.05) is 25.0 Å². The van der Waals surface area contributed by atoms with E-state index in [1.54, 1.807) is 13.3 Å². The first-order chi connectivity index (χ1) is 13.0. The number of aliphatic hydroxyl groups is 2. The molecule has 0 aliphatic carbocycles. The lowest BCUT2D eigenvalue weighted by Crippen LogP contribution is -2.40. The molecule has 0 bridgehead atoms. The SMILES string of the molecule is CCOC(=O)C1CCCN(c2ncnc3c2ncn3CC(C)(CO)CO)C1. The van der Waals surface area contributed by atoms with Crippen LogP contribution in [0.25, 0.3) is 11.2 Å². The lowest BCUT2D eigenvalue weighted by Gasteiger charge is -2.32. The summed E-state index contributed by atoms with van der Waals surface area (Å²) in [4.78, 5) is 27.4. The first-order valence-corrected chi connectivity index (χ1v) is 9.30. The Balaban J connectivity index is 1.86. The number of anilines is 1. The lowest BCUT2D eigenvalue weighted by molar-refractivity contribution is -0.148. The highest BCUT2D eigenvalue weighted by molar-refractivity contribution is 5.84. The van der Waals surface area contributed by atoms with Crippen LogP contribution in [0.4, 0.5) is 5.82 Å². The van der Waals surface area contributed by atoms with Gasteiger partial charge in [-0.25, -0.2) is 15.0 Å². The molecule has 0 spiro atoms. The predicted molar refractivity (Wildman–Crippen MR) is 99.2 cm³/mol. The molecule has 1 aliphatic heterocycles. The maximum absolute atomic E-state index is 12.1. The average Bonchev–Trinajstić information content (AvgIpc) is 3.11. The average molecular weight is 377 g/mol. The van der Waals surface area contributed by atoms with Gasteiger partial charge < -0.3 is 24.4 Å². The van der Waals surface area contributed by atoms with Crippen molar-refractivity contribution in [2.45, 2.75) is 33.2 Å². The number of nitrogens with zero attached hydrogens (tertiary/aromatic N) is 5. The van der Waals surface area contributed by atoms with E-state index in [9.17, 15) is 15.0 Å². The summed E-state index contributed by atoms with van der Waals surface area (Å²) in [7, 11) is 0. The highest BCUT2D eigenvalue weighted by Crippen LogP contribution is 2.28. The van der Waals surface area contributed by atoms with E-state index in [0.29, 0.717) is 36.7 Å². The Morgan fingerprint density at radius 3 is 2.81 bits per heavy atom. The van der Waals surface area contributed by atoms with E-state index in [4.69, 9.17) is 4.74 Å². The molecule has 27 heavy (non-hydrogen) atoms. The third-order valence-corrected chi connectivity index (χ3v) is 5.04. The summed E-state index contributed by atoms with van der Waals surface area (Å²) in [6.07, 6.45) is 4.82. The summed E-state index contributed by atoms with van der Waals surface area (Å²) < 4.78 is 6.99. The second kappa shape index (κ2) is 8.18. The van der Waals surface area contributed by atoms with Crippen LogP contribution in [-0.4, -0.2) is 68.6 Å². The van der Waals surface area contributed by atoms with E-state index < -0.39 is 5.41 Å². The minimum Gasteiger partial charge on any atom is -0.466 e. The molecule has 9 heteroatoms. The number of aliphatic hydroxyl groups excluding tert-OH is 2. The molecule has 3 rings (SSSR count). The van der Waals surface area contributed by atoms with Crippen molar-refractivity contribution in [1.29, 1.82) is 0 Å². The van der Waals surface area contributed by atoms with Crippen molar-refractivity contribution >= 4 is 23.0 Å². The standard InChI is InChI=1S/C18H27N5O4/c1-3-27-17(26)13-5-4-6-22(7-13)15-14-16(20-11-19-15)23(12-21-14)8-18(2,9-24)10-25/h11-13,24-25H,3-10H2,1-2H3. The molecule has 1 unspecified atom stereocenters. The number of hydrogen-bond acceptors (Lipinski definition) is 8. The van der Waals surface area contributed by atoms with Crippen molar-refractivity contribution in [3.05, 3.63) is 12.7 Å². The van der Waals surface area contributed by atoms with Crippen LogP contribution in [0.3, 0.4) is 0 Å². The molecule has 0 amide bonds. The number of aromatic nitrogens is 4. The summed E-state index contributed by atoms with van der Waals surface area (Å²) in [5, 5.41) is 19.1. The number of piperidine rings is 1. The summed E-state index contributed by atoms with van der Waals surface area (Å²) in [5.74, 6) is 0.361. The summed E-state index contributed by atoms with van der Waals surface area (Å²) in [5.41, 5.74) is 0.630. The van der Waals surface area contributed by atoms with Gasteiger partial charge in [-0.1, -0.05) is 6.92 Å². The topological polar surface area (TPSA) is 114 Å². The van der Waals surface area contributed by atoms with Crippen molar-refractivity contribution < 1.29 is 19.7 Å². The van der Waals surface area contributed by atoms with E-state index in [1.165, 1.54) is 6.33 Å². The summed E-state index contributed by atoms with van der Waals surface area (Å²) >= 11 is 0. The summed E-state index contributed by atoms with van der Waals surface area (Å²) in [6.45, 7) is 5.43. The number of esters is 1. The Labute approximate surface area is 158 Å². The largest absolute Gasteiger partial charge is 0.466 e. The molecule has 1 fully saturated rings. The molecule has 2 aromatic rings. The quantitative estimate of drug-likeness (QED) is 0.674. The van der Waals surface area contributed by atoms with Crippen LogP contribution >= 0.6 is 0 Å². The number of ether oxygens (including phenoxy) is 1. The van der Waals surface area contributed by atoms with E-state index in [1.807, 2.05) is 11.5 Å². The Morgan fingerprint density at radius 1 is 1.33 bits per heavy atom. The highest BCUT2D eigenvalue weighted by Gasteiger charge is 2.30. The number of fused-ring (bicyclic) bond motifs is 1. The van der Waals surface area contributed by atoms with Crippen molar-refractivity contribution in [1.82, 2.24) is 19.5 Å². The second-order valence-electron chi connectivity index (χ2n) is 7.41. The number of imidazole rings is 1. The van der Waals surface area contributed by atoms with Crippen molar-refractivity contribution in [3.63, 3.8) is 0 Å². The zero-order valence-corrected chi connectivity index (χ0v) is 15.8. The number of carbonyl (C=O) groups excluding carboxylic acids is 1. The number of hydrogen-bond donors (Lipinski definition) is 2. The second-order valence-corrected chi connectivity index (χ2v) is 7.41. The third kappa shape index (κ3) is 4.03. The number of carbonyl (C=O) groups is 1. The van der Waals surface area contributed by atoms with Crippen LogP contribution in [0.2, 0.25) is 0 Å². The van der Waals surface area contributed by atoms with Crippen LogP contribution in [0, 0.1) is 11.3 Å². The van der Waals surface area contributed by atoms with Gasteiger partial charge in [-0.15, -0.1) is 0 Å². The van der Waals surface area contributed by atoms with Gasteiger partial charge in [0.2, 0.25) is 0 Å². The minimum atomic E-state index is -0.668. The van der Waals surface area contributed by atoms with Gasteiger partial charge in [-0.2, -0.15) is 0 Å². The molecular formula is C18H27N5O4. The van der Waals surface area contributed by atoms with Crippen LogP contribution in [0.1, 0.15) is 26.7 Å². The van der Waals surface area contributed by atoms with Crippen LogP contribution in [0.15, 0.2) is 12.7 Å². The fraction of sp³-hybridized carbons (Fsp3) is 0.667. The maximum atomic E-state index is 12.1. The molecule has 0 aromatic carbocycles. The Hall–Kier alpha value is -2.26. The molecule has 2 aromatic heterocycles. The molecule has 9 nitrogen and oxygen atoms in total. The molecule has 2 N–H and O–H groups in total. The molecule has 1 atom stereocenters. The van der Waals surface area contributed by atoms with Gasteiger partial charge in [-0.05, 0) is 19.8 Å². The first-order valence-electron chi connectivity index (χ1n) is 9.30. The smallest absolute Gasteiger partial charge is 0.310 e. The lowest BCUT2D eigenvalue weighted by atomic mass is 9.93. The molecule has 148 valence electrons. The maximum Gasteiger partial charge on any atom is 0.310 e. The van der Waals surface area contributed by atoms with Crippen LogP contribution < -0.4 is 4.90 Å². The third-order valence-electron chi connectivity index (χ3n) is 5.04. The highest BCUT2D eigenvalue weighted by atomic mass is 16.5. The Bertz CT molecular complexity index is 789. The van der Waals surface area contributed by atoms with Crippen molar-refractivity contribution in [3.8, 4) is 0 Å². The fourth-order valence-electron chi connectivity index (χ4n) is 3.40. The summed E-state index contributed by atoms with van der Waals surface area (Å²) in [6, 6.07) is 0. The van der Waals surface area contributed by atoms with E-state index in [2.05, 4.69) is 19.9 Å². The van der Waals surface area contributed by atoms with E-state index >= 15 is 0 Å². The zero-order chi connectivity index (χ0) is 19.4. The Kier molecular flexibility index (Phi) is 5.91. The van der Waals surface area contributed by atoms with Gasteiger partial charge in [0.25, 0.3) is 0 Å². The molecule has 1 aliphatic rings. The van der Waals surface area contributed by atoms with Gasteiger partial charge in [0.15, 0.2) is 17.0 Å². The van der Waals surface area contributed by atoms with Gasteiger partial charge in [0.05, 0.1) is 32.1 Å². The molecular weight excluding hydrogens is 350 g/mol. The molecule has 0 saturated carbocycles. The van der Waals surface area contributed by atoms with Crippen LogP contribution in [0.5, 0.6) is 0 Å². The molecule has 1 saturated heterocycles. The van der Waals surface area contributed by atoms with Crippen LogP contribution in [-0.2, 0) is 16.1 Å². The zero-order valence-electron chi connectivity index (χ0n) is 15.8. The minimum absolute atomic E-state index is 0.144. The normalized spacial score (nSPS) is 18.1. The first kappa shape index (κ1) is 19.5. The van der Waals surface area contributed by atoms with Crippen molar-refractivity contribution in [2.75, 3.05) is 37.8 Å². The van der Waals surface area contributed by atoms with E-state index in [0.717, 1.165) is 19.4 Å². The fourth-order valence-corrected chi connectivity index (χ4v) is 3.40. The van der Waals surface area contributed by atoms with Gasteiger partial charge in [-0.3, -0.25) is 4.79 Å². The van der Waals surface area contributed by atoms with Gasteiger partial charge in [0.1, 0.15) is 6.33 Å². The monoisotopic (exact) mass is 377 g/mol. The predicted octanol–water partition coefficient (Wildman–Crippen LogP) is 0.597. The van der Waals surface area contributed by atoms with Gasteiger partial charge >= 0.3 is 5.97 Å². The molecule has 3 heterocycles. The number of rotatable bonds is 7. The van der Waals surface area contributed by atoms with E-state index in [-0.39, 0.29) is 25.1 Å². The molecule has 0 radical (unpaired) electrons.